The van der Waals surface area contributed by atoms with Crippen LogP contribution >= 0.6 is 11.8 Å². The van der Waals surface area contributed by atoms with Gasteiger partial charge in [-0.2, -0.15) is 11.8 Å². The standard InChI is InChI=1S/C21H33N5O5S/c1-13(2)11-16(25-21(30)31)18(27)24-17(12-14-7-5-4-6-8-14)19(28)23-15(9-10-32-3)20(29)26-22/h4-8,13,15-17,25H,9-12,22H2,1-3H3,(H,23,28)(H,24,27)(H,26,29)(H,30,31)/t15-,16-,17+/m0/s1. The van der Waals surface area contributed by atoms with Crippen molar-refractivity contribution in [1.29, 1.82) is 0 Å². The Kier molecular flexibility index (Phi) is 12.2. The lowest BCUT2D eigenvalue weighted by Crippen LogP contribution is -2.58. The molecular weight excluding hydrogens is 434 g/mol. The van der Waals surface area contributed by atoms with Crippen LogP contribution in [0.1, 0.15) is 32.3 Å². The molecule has 0 unspecified atom stereocenters. The van der Waals surface area contributed by atoms with Crippen LogP contribution < -0.4 is 27.2 Å². The quantitative estimate of drug-likeness (QED) is 0.141. The Balaban J connectivity index is 3.06. The van der Waals surface area contributed by atoms with Gasteiger partial charge >= 0.3 is 6.09 Å². The number of carbonyl (C=O) groups excluding carboxylic acids is 3. The molecule has 1 aromatic carbocycles. The van der Waals surface area contributed by atoms with Crippen LogP contribution in [0.25, 0.3) is 0 Å². The molecule has 0 fully saturated rings. The molecule has 0 aliphatic carbocycles. The van der Waals surface area contributed by atoms with Crippen LogP contribution in [0.3, 0.4) is 0 Å². The van der Waals surface area contributed by atoms with Crippen LogP contribution in [0, 0.1) is 5.92 Å². The second kappa shape index (κ2) is 14.3. The molecule has 11 heteroatoms. The number of carboxylic acid groups (broad SMARTS) is 1. The zero-order chi connectivity index (χ0) is 24.1. The number of hydrogen-bond donors (Lipinski definition) is 6. The van der Waals surface area contributed by atoms with Crippen LogP contribution in [-0.4, -0.2) is 59.1 Å². The van der Waals surface area contributed by atoms with Crippen molar-refractivity contribution in [2.24, 2.45) is 11.8 Å². The number of benzene rings is 1. The van der Waals surface area contributed by atoms with E-state index in [0.717, 1.165) is 5.56 Å². The molecule has 178 valence electrons. The second-order valence-corrected chi connectivity index (χ2v) is 8.72. The minimum Gasteiger partial charge on any atom is -0.465 e. The van der Waals surface area contributed by atoms with E-state index in [4.69, 9.17) is 10.9 Å². The van der Waals surface area contributed by atoms with Gasteiger partial charge in [-0.3, -0.25) is 19.8 Å². The van der Waals surface area contributed by atoms with Crippen molar-refractivity contribution < 1.29 is 24.3 Å². The summed E-state index contributed by atoms with van der Waals surface area (Å²) in [6, 6.07) is 6.17. The molecule has 7 N–H and O–H groups in total. The molecule has 0 aliphatic rings. The monoisotopic (exact) mass is 467 g/mol. The van der Waals surface area contributed by atoms with E-state index in [1.165, 1.54) is 11.8 Å². The van der Waals surface area contributed by atoms with Gasteiger partial charge in [0.05, 0.1) is 0 Å². The predicted octanol–water partition coefficient (Wildman–Crippen LogP) is 0.624. The van der Waals surface area contributed by atoms with Gasteiger partial charge in [-0.15, -0.1) is 0 Å². The third kappa shape index (κ3) is 10.0. The molecule has 10 nitrogen and oxygen atoms in total. The van der Waals surface area contributed by atoms with Gasteiger partial charge in [-0.25, -0.2) is 10.6 Å². The molecule has 1 rings (SSSR count). The topological polar surface area (TPSA) is 163 Å². The number of nitrogens with two attached hydrogens (primary N) is 1. The molecule has 0 saturated heterocycles. The number of hydrogen-bond acceptors (Lipinski definition) is 6. The van der Waals surface area contributed by atoms with Gasteiger partial charge in [0.2, 0.25) is 11.8 Å². The molecule has 32 heavy (non-hydrogen) atoms. The summed E-state index contributed by atoms with van der Waals surface area (Å²) >= 11 is 1.52. The smallest absolute Gasteiger partial charge is 0.405 e. The van der Waals surface area contributed by atoms with Crippen molar-refractivity contribution in [3.05, 3.63) is 35.9 Å². The highest BCUT2D eigenvalue weighted by molar-refractivity contribution is 7.98. The largest absolute Gasteiger partial charge is 0.465 e. The maximum absolute atomic E-state index is 13.1. The fraction of sp³-hybridized carbons (Fsp3) is 0.524. The second-order valence-electron chi connectivity index (χ2n) is 7.73. The highest BCUT2D eigenvalue weighted by Gasteiger charge is 2.30. The summed E-state index contributed by atoms with van der Waals surface area (Å²) in [6.45, 7) is 3.72. The van der Waals surface area contributed by atoms with E-state index in [1.807, 2.05) is 55.9 Å². The first-order valence-electron chi connectivity index (χ1n) is 10.3. The van der Waals surface area contributed by atoms with Crippen LogP contribution in [-0.2, 0) is 20.8 Å². The zero-order valence-corrected chi connectivity index (χ0v) is 19.4. The van der Waals surface area contributed by atoms with Crippen molar-refractivity contribution in [2.75, 3.05) is 12.0 Å². The van der Waals surface area contributed by atoms with Crippen molar-refractivity contribution in [3.8, 4) is 0 Å². The van der Waals surface area contributed by atoms with Gasteiger partial charge < -0.3 is 21.1 Å². The fourth-order valence-corrected chi connectivity index (χ4v) is 3.53. The SMILES string of the molecule is CSCC[C@H](NC(=O)[C@@H](Cc1ccccc1)NC(=O)[C@H](CC(C)C)NC(=O)O)C(=O)NN. The van der Waals surface area contributed by atoms with Crippen molar-refractivity contribution in [1.82, 2.24) is 21.4 Å². The minimum atomic E-state index is -1.33. The molecule has 0 aromatic heterocycles. The fourth-order valence-electron chi connectivity index (χ4n) is 3.06. The van der Waals surface area contributed by atoms with E-state index < -0.39 is 41.9 Å². The van der Waals surface area contributed by atoms with Gasteiger partial charge in [0.1, 0.15) is 18.1 Å². The third-order valence-corrected chi connectivity index (χ3v) is 5.27. The zero-order valence-electron chi connectivity index (χ0n) is 18.6. The van der Waals surface area contributed by atoms with Crippen LogP contribution in [0.5, 0.6) is 0 Å². The van der Waals surface area contributed by atoms with E-state index in [1.54, 1.807) is 0 Å². The van der Waals surface area contributed by atoms with E-state index >= 15 is 0 Å². The average Bonchev–Trinajstić information content (AvgIpc) is 2.74. The highest BCUT2D eigenvalue weighted by atomic mass is 32.2. The van der Waals surface area contributed by atoms with E-state index in [2.05, 4.69) is 16.0 Å². The molecular formula is C21H33N5O5S. The Labute approximate surface area is 192 Å². The summed E-state index contributed by atoms with van der Waals surface area (Å²) in [4.78, 5) is 49.1. The first-order chi connectivity index (χ1) is 15.2. The summed E-state index contributed by atoms with van der Waals surface area (Å²) < 4.78 is 0. The third-order valence-electron chi connectivity index (χ3n) is 4.62. The molecule has 0 aliphatic heterocycles. The first-order valence-corrected chi connectivity index (χ1v) is 11.7. The molecule has 0 spiro atoms. The van der Waals surface area contributed by atoms with Crippen LogP contribution in [0.2, 0.25) is 0 Å². The number of hydrazine groups is 1. The Bertz CT molecular complexity index is 762. The van der Waals surface area contributed by atoms with Crippen molar-refractivity contribution in [2.45, 2.75) is 51.2 Å². The molecule has 0 heterocycles. The normalized spacial score (nSPS) is 13.5. The average molecular weight is 468 g/mol. The van der Waals surface area contributed by atoms with E-state index in [0.29, 0.717) is 12.2 Å². The molecule has 0 bridgehead atoms. The molecule has 0 saturated carbocycles. The number of thioether (sulfide) groups is 1. The molecule has 3 atom stereocenters. The summed E-state index contributed by atoms with van der Waals surface area (Å²) in [5.74, 6) is 4.20. The summed E-state index contributed by atoms with van der Waals surface area (Å²) in [6.07, 6.45) is 1.34. The lowest BCUT2D eigenvalue weighted by molar-refractivity contribution is -0.132. The van der Waals surface area contributed by atoms with Gasteiger partial charge in [0.15, 0.2) is 0 Å². The number of amides is 4. The van der Waals surface area contributed by atoms with Gasteiger partial charge in [0.25, 0.3) is 5.91 Å². The lowest BCUT2D eigenvalue weighted by atomic mass is 10.0. The summed E-state index contributed by atoms with van der Waals surface area (Å²) in [5.41, 5.74) is 2.84. The molecule has 0 radical (unpaired) electrons. The lowest BCUT2D eigenvalue weighted by Gasteiger charge is -2.25. The Hall–Kier alpha value is -2.79. The van der Waals surface area contributed by atoms with Gasteiger partial charge in [0, 0.05) is 6.42 Å². The van der Waals surface area contributed by atoms with Crippen molar-refractivity contribution >= 4 is 35.6 Å². The summed E-state index contributed by atoms with van der Waals surface area (Å²) in [5, 5.41) is 16.6. The summed E-state index contributed by atoms with van der Waals surface area (Å²) in [7, 11) is 0. The van der Waals surface area contributed by atoms with Gasteiger partial charge in [-0.05, 0) is 36.3 Å². The number of carbonyl (C=O) groups is 4. The number of nitrogens with one attached hydrogen (secondary N) is 4. The minimum absolute atomic E-state index is 0.0446. The highest BCUT2D eigenvalue weighted by Crippen LogP contribution is 2.09. The van der Waals surface area contributed by atoms with Crippen molar-refractivity contribution in [3.63, 3.8) is 0 Å². The molecule has 1 aromatic rings. The molecule has 4 amide bonds. The predicted molar refractivity (Wildman–Crippen MR) is 124 cm³/mol. The Morgan fingerprint density at radius 2 is 1.53 bits per heavy atom. The maximum atomic E-state index is 13.1. The van der Waals surface area contributed by atoms with Crippen LogP contribution in [0.15, 0.2) is 30.3 Å². The van der Waals surface area contributed by atoms with Gasteiger partial charge in [-0.1, -0.05) is 44.2 Å². The van der Waals surface area contributed by atoms with E-state index in [-0.39, 0.29) is 18.8 Å². The maximum Gasteiger partial charge on any atom is 0.405 e. The Morgan fingerprint density at radius 3 is 2.06 bits per heavy atom. The Morgan fingerprint density at radius 1 is 0.938 bits per heavy atom. The van der Waals surface area contributed by atoms with E-state index in [9.17, 15) is 19.2 Å². The van der Waals surface area contributed by atoms with Crippen LogP contribution in [0.4, 0.5) is 4.79 Å². The number of rotatable bonds is 13. The first kappa shape index (κ1) is 27.2.